The Morgan fingerprint density at radius 2 is 1.87 bits per heavy atom. The molecule has 1 saturated carbocycles. The third kappa shape index (κ3) is 3.51. The van der Waals surface area contributed by atoms with Crippen LogP contribution in [0.5, 0.6) is 0 Å². The van der Waals surface area contributed by atoms with Gasteiger partial charge in [-0.2, -0.15) is 0 Å². The summed E-state index contributed by atoms with van der Waals surface area (Å²) in [5.41, 5.74) is 0.249. The average Bonchev–Trinajstić information content (AvgIpc) is 2.17. The highest BCUT2D eigenvalue weighted by molar-refractivity contribution is 5.69. The van der Waals surface area contributed by atoms with E-state index in [4.69, 9.17) is 4.74 Å². The molecule has 0 bridgehead atoms. The van der Waals surface area contributed by atoms with E-state index < -0.39 is 0 Å². The fourth-order valence-electron chi connectivity index (χ4n) is 2.48. The second-order valence-corrected chi connectivity index (χ2v) is 5.64. The van der Waals surface area contributed by atoms with Crippen molar-refractivity contribution in [2.75, 3.05) is 0 Å². The van der Waals surface area contributed by atoms with Crippen LogP contribution in [0, 0.1) is 11.3 Å². The minimum absolute atomic E-state index is 0.0452. The molecule has 0 aromatic carbocycles. The van der Waals surface area contributed by atoms with Crippen molar-refractivity contribution in [3.05, 3.63) is 0 Å². The molecule has 2 heteroatoms. The molecular formula is C13H24O2. The van der Waals surface area contributed by atoms with Crippen molar-refractivity contribution in [1.29, 1.82) is 0 Å². The van der Waals surface area contributed by atoms with Crippen molar-refractivity contribution in [2.24, 2.45) is 11.3 Å². The zero-order valence-corrected chi connectivity index (χ0v) is 10.5. The number of hydrogen-bond donors (Lipinski definition) is 0. The van der Waals surface area contributed by atoms with Crippen LogP contribution in [0.3, 0.4) is 0 Å². The summed E-state index contributed by atoms with van der Waals surface area (Å²) in [5.74, 6) is 0.484. The third-order valence-electron chi connectivity index (χ3n) is 3.39. The zero-order chi connectivity index (χ0) is 11.5. The van der Waals surface area contributed by atoms with Gasteiger partial charge in [0.1, 0.15) is 6.10 Å². The fourth-order valence-corrected chi connectivity index (χ4v) is 2.48. The van der Waals surface area contributed by atoms with Gasteiger partial charge in [0.05, 0.1) is 0 Å². The Labute approximate surface area is 93.4 Å². The van der Waals surface area contributed by atoms with E-state index in [1.54, 1.807) is 0 Å². The minimum atomic E-state index is -0.0452. The van der Waals surface area contributed by atoms with Gasteiger partial charge in [0.2, 0.25) is 0 Å². The monoisotopic (exact) mass is 212 g/mol. The van der Waals surface area contributed by atoms with Crippen molar-refractivity contribution < 1.29 is 9.53 Å². The molecular weight excluding hydrogens is 188 g/mol. The maximum absolute atomic E-state index is 11.3. The quantitative estimate of drug-likeness (QED) is 0.654. The van der Waals surface area contributed by atoms with Gasteiger partial charge in [-0.1, -0.05) is 34.1 Å². The van der Waals surface area contributed by atoms with E-state index in [1.807, 2.05) is 6.92 Å². The minimum Gasteiger partial charge on any atom is -0.462 e. The SMILES string of the molecule is CCC(=O)OC1CCCCC1C(C)(C)C. The summed E-state index contributed by atoms with van der Waals surface area (Å²) >= 11 is 0. The van der Waals surface area contributed by atoms with Gasteiger partial charge in [-0.05, 0) is 24.7 Å². The summed E-state index contributed by atoms with van der Waals surface area (Å²) in [6.45, 7) is 8.60. The van der Waals surface area contributed by atoms with Gasteiger partial charge >= 0.3 is 5.97 Å². The summed E-state index contributed by atoms with van der Waals surface area (Å²) in [6, 6.07) is 0. The molecule has 0 aromatic rings. The molecule has 0 amide bonds. The lowest BCUT2D eigenvalue weighted by Crippen LogP contribution is -2.37. The predicted molar refractivity (Wildman–Crippen MR) is 61.6 cm³/mol. The predicted octanol–water partition coefficient (Wildman–Crippen LogP) is 3.54. The molecule has 88 valence electrons. The van der Waals surface area contributed by atoms with Crippen LogP contribution in [-0.2, 0) is 9.53 Å². The van der Waals surface area contributed by atoms with E-state index in [2.05, 4.69) is 20.8 Å². The molecule has 1 aliphatic rings. The Morgan fingerprint density at radius 3 is 2.40 bits per heavy atom. The van der Waals surface area contributed by atoms with E-state index in [1.165, 1.54) is 19.3 Å². The molecule has 2 atom stereocenters. The summed E-state index contributed by atoms with van der Waals surface area (Å²) in [4.78, 5) is 11.3. The molecule has 1 aliphatic carbocycles. The highest BCUT2D eigenvalue weighted by atomic mass is 16.5. The molecule has 0 aromatic heterocycles. The molecule has 0 spiro atoms. The van der Waals surface area contributed by atoms with Crippen molar-refractivity contribution in [3.63, 3.8) is 0 Å². The lowest BCUT2D eigenvalue weighted by Gasteiger charge is -2.39. The van der Waals surface area contributed by atoms with Crippen LogP contribution >= 0.6 is 0 Å². The van der Waals surface area contributed by atoms with Gasteiger partial charge in [0, 0.05) is 12.3 Å². The number of carbonyl (C=O) groups excluding carboxylic acids is 1. The number of esters is 1. The van der Waals surface area contributed by atoms with Crippen molar-refractivity contribution in [3.8, 4) is 0 Å². The lowest BCUT2D eigenvalue weighted by atomic mass is 9.70. The Morgan fingerprint density at radius 1 is 1.27 bits per heavy atom. The molecule has 0 aliphatic heterocycles. The second-order valence-electron chi connectivity index (χ2n) is 5.64. The summed E-state index contributed by atoms with van der Waals surface area (Å²) < 4.78 is 5.54. The first kappa shape index (κ1) is 12.5. The highest BCUT2D eigenvalue weighted by Gasteiger charge is 2.36. The van der Waals surface area contributed by atoms with Crippen LogP contribution in [-0.4, -0.2) is 12.1 Å². The van der Waals surface area contributed by atoms with Crippen LogP contribution in [0.4, 0.5) is 0 Å². The molecule has 2 unspecified atom stereocenters. The summed E-state index contributed by atoms with van der Waals surface area (Å²) in [7, 11) is 0. The molecule has 15 heavy (non-hydrogen) atoms. The number of rotatable bonds is 2. The van der Waals surface area contributed by atoms with E-state index in [9.17, 15) is 4.79 Å². The fraction of sp³-hybridized carbons (Fsp3) is 0.923. The van der Waals surface area contributed by atoms with Gasteiger partial charge in [0.15, 0.2) is 0 Å². The molecule has 0 saturated heterocycles. The van der Waals surface area contributed by atoms with E-state index in [-0.39, 0.29) is 17.5 Å². The van der Waals surface area contributed by atoms with Gasteiger partial charge < -0.3 is 4.74 Å². The summed E-state index contributed by atoms with van der Waals surface area (Å²) in [5, 5.41) is 0. The van der Waals surface area contributed by atoms with E-state index in [0.29, 0.717) is 12.3 Å². The van der Waals surface area contributed by atoms with Crippen LogP contribution in [0.15, 0.2) is 0 Å². The zero-order valence-electron chi connectivity index (χ0n) is 10.5. The first-order valence-electron chi connectivity index (χ1n) is 6.14. The number of hydrogen-bond acceptors (Lipinski definition) is 2. The average molecular weight is 212 g/mol. The molecule has 1 fully saturated rings. The Balaban J connectivity index is 2.62. The largest absolute Gasteiger partial charge is 0.462 e. The first-order valence-corrected chi connectivity index (χ1v) is 6.14. The Bertz CT molecular complexity index is 215. The van der Waals surface area contributed by atoms with Crippen LogP contribution in [0.25, 0.3) is 0 Å². The van der Waals surface area contributed by atoms with Crippen molar-refractivity contribution in [1.82, 2.24) is 0 Å². The Kier molecular flexibility index (Phi) is 4.18. The van der Waals surface area contributed by atoms with Gasteiger partial charge in [-0.25, -0.2) is 0 Å². The van der Waals surface area contributed by atoms with Gasteiger partial charge in [-0.15, -0.1) is 0 Å². The van der Waals surface area contributed by atoms with E-state index >= 15 is 0 Å². The Hall–Kier alpha value is -0.530. The van der Waals surface area contributed by atoms with Crippen LogP contribution in [0.2, 0.25) is 0 Å². The normalized spacial score (nSPS) is 27.5. The lowest BCUT2D eigenvalue weighted by molar-refractivity contribution is -0.156. The van der Waals surface area contributed by atoms with Crippen molar-refractivity contribution in [2.45, 2.75) is 65.9 Å². The molecule has 0 radical (unpaired) electrons. The summed E-state index contributed by atoms with van der Waals surface area (Å²) in [6.07, 6.45) is 5.38. The van der Waals surface area contributed by atoms with Crippen molar-refractivity contribution >= 4 is 5.97 Å². The van der Waals surface area contributed by atoms with Gasteiger partial charge in [-0.3, -0.25) is 4.79 Å². The van der Waals surface area contributed by atoms with Crippen LogP contribution in [0.1, 0.15) is 59.8 Å². The van der Waals surface area contributed by atoms with E-state index in [0.717, 1.165) is 6.42 Å². The highest BCUT2D eigenvalue weighted by Crippen LogP contribution is 2.39. The van der Waals surface area contributed by atoms with Crippen LogP contribution < -0.4 is 0 Å². The smallest absolute Gasteiger partial charge is 0.305 e. The maximum Gasteiger partial charge on any atom is 0.305 e. The molecule has 2 nitrogen and oxygen atoms in total. The molecule has 0 heterocycles. The first-order chi connectivity index (χ1) is 6.95. The standard InChI is InChI=1S/C13H24O2/c1-5-12(14)15-11-9-7-6-8-10(11)13(2,3)4/h10-11H,5-9H2,1-4H3. The third-order valence-corrected chi connectivity index (χ3v) is 3.39. The topological polar surface area (TPSA) is 26.3 Å². The second kappa shape index (κ2) is 5.00. The maximum atomic E-state index is 11.3. The number of carbonyl (C=O) groups is 1. The number of ether oxygens (including phenoxy) is 1. The molecule has 0 N–H and O–H groups in total. The molecule has 1 rings (SSSR count). The van der Waals surface area contributed by atoms with Gasteiger partial charge in [0.25, 0.3) is 0 Å².